The van der Waals surface area contributed by atoms with Gasteiger partial charge in [-0.2, -0.15) is 0 Å². The molecule has 1 amide bonds. The number of imidazole rings is 1. The molecular formula is C9H10BrN5O. The highest BCUT2D eigenvalue weighted by Gasteiger charge is 2.10. The number of nitrogen functional groups attached to an aromatic ring is 1. The van der Waals surface area contributed by atoms with Crippen LogP contribution in [0.5, 0.6) is 0 Å². The first kappa shape index (κ1) is 10.9. The molecule has 0 aliphatic rings. The van der Waals surface area contributed by atoms with Crippen molar-refractivity contribution in [3.63, 3.8) is 0 Å². The fourth-order valence-electron chi connectivity index (χ4n) is 1.45. The van der Waals surface area contributed by atoms with Crippen molar-refractivity contribution in [2.75, 3.05) is 5.73 Å². The van der Waals surface area contributed by atoms with E-state index in [-0.39, 0.29) is 12.3 Å². The summed E-state index contributed by atoms with van der Waals surface area (Å²) >= 11 is 3.30. The first-order valence-corrected chi connectivity index (χ1v) is 5.43. The van der Waals surface area contributed by atoms with Gasteiger partial charge in [0.2, 0.25) is 11.9 Å². The molecular weight excluding hydrogens is 274 g/mol. The van der Waals surface area contributed by atoms with Crippen LogP contribution in [0.4, 0.5) is 5.95 Å². The highest BCUT2D eigenvalue weighted by molar-refractivity contribution is 9.10. The average Bonchev–Trinajstić information content (AvgIpc) is 2.50. The van der Waals surface area contributed by atoms with Crippen LogP contribution in [0.1, 0.15) is 6.42 Å². The van der Waals surface area contributed by atoms with Crippen LogP contribution >= 0.6 is 15.9 Å². The zero-order valence-corrected chi connectivity index (χ0v) is 9.94. The Bertz CT molecular complexity index is 550. The molecule has 0 saturated heterocycles. The van der Waals surface area contributed by atoms with Gasteiger partial charge < -0.3 is 11.5 Å². The van der Waals surface area contributed by atoms with Crippen LogP contribution in [0.25, 0.3) is 11.2 Å². The molecule has 2 rings (SSSR count). The molecule has 0 spiro atoms. The van der Waals surface area contributed by atoms with Gasteiger partial charge in [0.25, 0.3) is 0 Å². The molecule has 4 N–H and O–H groups in total. The molecule has 0 fully saturated rings. The van der Waals surface area contributed by atoms with E-state index in [1.54, 1.807) is 10.8 Å². The van der Waals surface area contributed by atoms with Gasteiger partial charge in [-0.1, -0.05) is 0 Å². The Hall–Kier alpha value is -1.63. The number of pyridine rings is 1. The van der Waals surface area contributed by atoms with Gasteiger partial charge in [-0.25, -0.2) is 9.97 Å². The predicted molar refractivity (Wildman–Crippen MR) is 63.5 cm³/mol. The summed E-state index contributed by atoms with van der Waals surface area (Å²) in [4.78, 5) is 19.1. The van der Waals surface area contributed by atoms with Crippen molar-refractivity contribution in [1.82, 2.24) is 14.5 Å². The molecule has 0 aromatic carbocycles. The van der Waals surface area contributed by atoms with Crippen LogP contribution in [0.15, 0.2) is 16.7 Å². The van der Waals surface area contributed by atoms with Crippen LogP contribution in [-0.2, 0) is 11.3 Å². The van der Waals surface area contributed by atoms with Crippen LogP contribution < -0.4 is 11.5 Å². The number of aryl methyl sites for hydroxylation is 1. The molecule has 2 aromatic heterocycles. The Morgan fingerprint density at radius 1 is 1.56 bits per heavy atom. The second kappa shape index (κ2) is 4.09. The topological polar surface area (TPSA) is 99.8 Å². The number of carbonyl (C=O) groups excluding carboxylic acids is 1. The fourth-order valence-corrected chi connectivity index (χ4v) is 1.77. The number of amides is 1. The number of rotatable bonds is 3. The summed E-state index contributed by atoms with van der Waals surface area (Å²) in [5.41, 5.74) is 12.2. The summed E-state index contributed by atoms with van der Waals surface area (Å²) in [6.45, 7) is 0.395. The van der Waals surface area contributed by atoms with Gasteiger partial charge in [-0.05, 0) is 22.0 Å². The number of hydrogen-bond donors (Lipinski definition) is 2. The van der Waals surface area contributed by atoms with E-state index in [1.165, 1.54) is 0 Å². The Morgan fingerprint density at radius 2 is 2.31 bits per heavy atom. The maximum Gasteiger partial charge on any atom is 0.219 e. The first-order valence-electron chi connectivity index (χ1n) is 4.63. The number of aromatic nitrogens is 3. The van der Waals surface area contributed by atoms with Crippen molar-refractivity contribution in [2.24, 2.45) is 5.73 Å². The number of halogens is 1. The summed E-state index contributed by atoms with van der Waals surface area (Å²) in [5.74, 6) is -0.0415. The Kier molecular flexibility index (Phi) is 2.78. The van der Waals surface area contributed by atoms with Crippen molar-refractivity contribution in [2.45, 2.75) is 13.0 Å². The van der Waals surface area contributed by atoms with E-state index in [1.807, 2.05) is 6.07 Å². The lowest BCUT2D eigenvalue weighted by Crippen LogP contribution is -2.15. The summed E-state index contributed by atoms with van der Waals surface area (Å²) in [6.07, 6.45) is 1.87. The lowest BCUT2D eigenvalue weighted by atomic mass is 10.4. The first-order chi connectivity index (χ1) is 7.58. The number of primary amides is 1. The van der Waals surface area contributed by atoms with Crippen molar-refractivity contribution in [3.05, 3.63) is 16.7 Å². The van der Waals surface area contributed by atoms with Gasteiger partial charge >= 0.3 is 0 Å². The monoisotopic (exact) mass is 283 g/mol. The number of hydrogen-bond acceptors (Lipinski definition) is 4. The smallest absolute Gasteiger partial charge is 0.219 e. The molecule has 2 heterocycles. The van der Waals surface area contributed by atoms with E-state index in [4.69, 9.17) is 11.5 Å². The number of carbonyl (C=O) groups is 1. The van der Waals surface area contributed by atoms with Crippen LogP contribution in [0.3, 0.4) is 0 Å². The quantitative estimate of drug-likeness (QED) is 0.864. The standard InChI is InChI=1S/C9H10BrN5O/c10-5-3-6-8(13-4-5)15(9(12)14-6)2-1-7(11)16/h3-4H,1-2H2,(H2,11,16)(H2,12,14). The minimum atomic E-state index is -0.377. The third-order valence-corrected chi connectivity index (χ3v) is 2.60. The van der Waals surface area contributed by atoms with Crippen LogP contribution in [-0.4, -0.2) is 20.4 Å². The van der Waals surface area contributed by atoms with Gasteiger partial charge in [0, 0.05) is 23.6 Å². The van der Waals surface area contributed by atoms with E-state index in [9.17, 15) is 4.79 Å². The molecule has 0 radical (unpaired) electrons. The average molecular weight is 284 g/mol. The van der Waals surface area contributed by atoms with Crippen molar-refractivity contribution in [1.29, 1.82) is 0 Å². The van der Waals surface area contributed by atoms with Crippen molar-refractivity contribution in [3.8, 4) is 0 Å². The molecule has 0 unspecified atom stereocenters. The van der Waals surface area contributed by atoms with Gasteiger partial charge in [0.1, 0.15) is 5.52 Å². The molecule has 0 atom stereocenters. The van der Waals surface area contributed by atoms with Gasteiger partial charge in [0.05, 0.1) is 0 Å². The SMILES string of the molecule is NC(=O)CCn1c(N)nc2cc(Br)cnc21. The largest absolute Gasteiger partial charge is 0.370 e. The lowest BCUT2D eigenvalue weighted by Gasteiger charge is -2.03. The maximum absolute atomic E-state index is 10.7. The van der Waals surface area contributed by atoms with Gasteiger partial charge in [-0.3, -0.25) is 9.36 Å². The molecule has 16 heavy (non-hydrogen) atoms. The maximum atomic E-state index is 10.7. The summed E-state index contributed by atoms with van der Waals surface area (Å²) in [5, 5.41) is 0. The van der Waals surface area contributed by atoms with E-state index < -0.39 is 0 Å². The van der Waals surface area contributed by atoms with Gasteiger partial charge in [-0.15, -0.1) is 0 Å². The Morgan fingerprint density at radius 3 is 3.00 bits per heavy atom. The summed E-state index contributed by atoms with van der Waals surface area (Å²) < 4.78 is 2.51. The highest BCUT2D eigenvalue weighted by Crippen LogP contribution is 2.19. The van der Waals surface area contributed by atoms with E-state index in [0.29, 0.717) is 23.7 Å². The Labute approximate surface area is 99.8 Å². The highest BCUT2D eigenvalue weighted by atomic mass is 79.9. The molecule has 7 heteroatoms. The molecule has 84 valence electrons. The van der Waals surface area contributed by atoms with Crippen LogP contribution in [0, 0.1) is 0 Å². The van der Waals surface area contributed by atoms with E-state index in [2.05, 4.69) is 25.9 Å². The van der Waals surface area contributed by atoms with Gasteiger partial charge in [0.15, 0.2) is 5.65 Å². The Balaban J connectivity index is 2.43. The normalized spacial score (nSPS) is 10.8. The molecule has 2 aromatic rings. The molecule has 0 saturated carbocycles. The second-order valence-electron chi connectivity index (χ2n) is 3.33. The van der Waals surface area contributed by atoms with E-state index in [0.717, 1.165) is 4.47 Å². The summed E-state index contributed by atoms with van der Waals surface area (Å²) in [6, 6.07) is 1.82. The lowest BCUT2D eigenvalue weighted by molar-refractivity contribution is -0.118. The zero-order chi connectivity index (χ0) is 11.7. The third kappa shape index (κ3) is 1.99. The molecule has 0 aliphatic carbocycles. The summed E-state index contributed by atoms with van der Waals surface area (Å²) in [7, 11) is 0. The van der Waals surface area contributed by atoms with Crippen molar-refractivity contribution < 1.29 is 4.79 Å². The fraction of sp³-hybridized carbons (Fsp3) is 0.222. The third-order valence-electron chi connectivity index (χ3n) is 2.16. The van der Waals surface area contributed by atoms with E-state index >= 15 is 0 Å². The molecule has 0 bridgehead atoms. The minimum Gasteiger partial charge on any atom is -0.370 e. The molecule has 0 aliphatic heterocycles. The second-order valence-corrected chi connectivity index (χ2v) is 4.25. The number of nitrogens with zero attached hydrogens (tertiary/aromatic N) is 3. The zero-order valence-electron chi connectivity index (χ0n) is 8.35. The number of anilines is 1. The minimum absolute atomic E-state index is 0.216. The van der Waals surface area contributed by atoms with Crippen LogP contribution in [0.2, 0.25) is 0 Å². The predicted octanol–water partition coefficient (Wildman–Crippen LogP) is 0.651. The number of fused-ring (bicyclic) bond motifs is 1. The number of nitrogens with two attached hydrogens (primary N) is 2. The molecule has 6 nitrogen and oxygen atoms in total. The van der Waals surface area contributed by atoms with Crippen molar-refractivity contribution >= 4 is 38.9 Å².